The lowest BCUT2D eigenvalue weighted by atomic mass is 9.46. The summed E-state index contributed by atoms with van der Waals surface area (Å²) < 4.78 is 18.4. The summed E-state index contributed by atoms with van der Waals surface area (Å²) >= 11 is 0. The molecule has 5 rings (SSSR count). The van der Waals surface area contributed by atoms with E-state index in [1.807, 2.05) is 6.07 Å². The van der Waals surface area contributed by atoms with Crippen LogP contribution >= 0.6 is 0 Å². The van der Waals surface area contributed by atoms with E-state index >= 15 is 0 Å². The Kier molecular flexibility index (Phi) is 4.14. The summed E-state index contributed by atoms with van der Waals surface area (Å²) in [6.07, 6.45) is 5.90. The average Bonchev–Trinajstić information content (AvgIpc) is 3.05. The molecule has 2 aliphatic heterocycles. The van der Waals surface area contributed by atoms with E-state index < -0.39 is 0 Å². The Morgan fingerprint density at radius 3 is 2.70 bits per heavy atom. The number of ether oxygens (including phenoxy) is 3. The van der Waals surface area contributed by atoms with E-state index in [0.717, 1.165) is 38.7 Å². The minimum Gasteiger partial charge on any atom is -0.462 e. The Bertz CT molecular complexity index is 718. The molecule has 2 aliphatic carbocycles. The molecule has 4 heteroatoms. The van der Waals surface area contributed by atoms with Crippen LogP contribution in [0.1, 0.15) is 51.5 Å². The quantitative estimate of drug-likeness (QED) is 0.735. The van der Waals surface area contributed by atoms with Crippen molar-refractivity contribution < 1.29 is 19.0 Å². The zero-order valence-corrected chi connectivity index (χ0v) is 16.4. The van der Waals surface area contributed by atoms with Crippen molar-refractivity contribution in [2.24, 2.45) is 22.7 Å². The lowest BCUT2D eigenvalue weighted by molar-refractivity contribution is -0.306. The first-order valence-corrected chi connectivity index (χ1v) is 10.5. The average molecular weight is 370 g/mol. The smallest absolute Gasteiger partial charge is 0.306 e. The molecule has 7 atom stereocenters. The molecule has 0 bridgehead atoms. The van der Waals surface area contributed by atoms with Crippen LogP contribution in [0.2, 0.25) is 0 Å². The summed E-state index contributed by atoms with van der Waals surface area (Å²) in [5.74, 6) is 0.888. The number of hydrogen-bond acceptors (Lipinski definition) is 4. The van der Waals surface area contributed by atoms with Gasteiger partial charge in [-0.2, -0.15) is 0 Å². The van der Waals surface area contributed by atoms with Crippen LogP contribution in [-0.4, -0.2) is 31.1 Å². The maximum Gasteiger partial charge on any atom is 0.306 e. The molecule has 1 aromatic carbocycles. The fourth-order valence-electron chi connectivity index (χ4n) is 6.71. The maximum atomic E-state index is 11.9. The van der Waals surface area contributed by atoms with Crippen molar-refractivity contribution in [2.45, 2.75) is 70.9 Å². The second-order valence-corrected chi connectivity index (χ2v) is 9.57. The van der Waals surface area contributed by atoms with Crippen LogP contribution in [0.15, 0.2) is 30.3 Å². The minimum absolute atomic E-state index is 0.00165. The summed E-state index contributed by atoms with van der Waals surface area (Å²) in [6.45, 7) is 5.51. The molecule has 0 N–H and O–H groups in total. The largest absolute Gasteiger partial charge is 0.462 e. The molecular weight excluding hydrogens is 340 g/mol. The summed E-state index contributed by atoms with van der Waals surface area (Å²) in [7, 11) is 0. The van der Waals surface area contributed by atoms with E-state index in [1.54, 1.807) is 0 Å². The molecular formula is C23H30O4. The Balaban J connectivity index is 1.34. The van der Waals surface area contributed by atoms with Gasteiger partial charge in [-0.15, -0.1) is 0 Å². The third kappa shape index (κ3) is 2.75. The Labute approximate surface area is 161 Å². The molecule has 27 heavy (non-hydrogen) atoms. The number of fused-ring (bicyclic) bond motifs is 5. The van der Waals surface area contributed by atoms with Gasteiger partial charge >= 0.3 is 5.97 Å². The molecule has 0 radical (unpaired) electrons. The van der Waals surface area contributed by atoms with Crippen molar-refractivity contribution in [3.63, 3.8) is 0 Å². The van der Waals surface area contributed by atoms with Gasteiger partial charge in [-0.05, 0) is 42.6 Å². The van der Waals surface area contributed by atoms with Crippen molar-refractivity contribution >= 4 is 5.97 Å². The molecule has 2 heterocycles. The molecule has 2 saturated heterocycles. The van der Waals surface area contributed by atoms with Crippen LogP contribution in [0.4, 0.5) is 0 Å². The van der Waals surface area contributed by atoms with Gasteiger partial charge in [0.15, 0.2) is 6.29 Å². The van der Waals surface area contributed by atoms with Gasteiger partial charge in [-0.3, -0.25) is 4.79 Å². The standard InChI is InChI=1S/C23H30O4/c1-22-11-10-19-23(2,18(22)9-8-17-16(22)13-20(24)26-17)14-25-21(27-19)12-15-6-4-3-5-7-15/h3-7,16-19,21H,8-14H2,1-2H3/t16-,17+,18-,19+,21-,22+,23-/m1/s1. The van der Waals surface area contributed by atoms with E-state index in [-0.39, 0.29) is 35.3 Å². The van der Waals surface area contributed by atoms with Gasteiger partial charge in [-0.25, -0.2) is 0 Å². The second-order valence-electron chi connectivity index (χ2n) is 9.57. The molecule has 0 unspecified atom stereocenters. The predicted molar refractivity (Wildman–Crippen MR) is 101 cm³/mol. The third-order valence-electron chi connectivity index (χ3n) is 8.12. The van der Waals surface area contributed by atoms with Gasteiger partial charge in [0.05, 0.1) is 19.1 Å². The van der Waals surface area contributed by atoms with Gasteiger partial charge in [0.2, 0.25) is 0 Å². The van der Waals surface area contributed by atoms with E-state index in [4.69, 9.17) is 14.2 Å². The van der Waals surface area contributed by atoms with Crippen LogP contribution in [0.5, 0.6) is 0 Å². The molecule has 146 valence electrons. The Morgan fingerprint density at radius 1 is 1.07 bits per heavy atom. The van der Waals surface area contributed by atoms with Crippen LogP contribution in [-0.2, 0) is 25.4 Å². The minimum atomic E-state index is -0.150. The van der Waals surface area contributed by atoms with Crippen LogP contribution < -0.4 is 0 Å². The molecule has 0 amide bonds. The molecule has 4 aliphatic rings. The van der Waals surface area contributed by atoms with E-state index in [0.29, 0.717) is 18.3 Å². The number of carbonyl (C=O) groups is 1. The summed E-state index contributed by atoms with van der Waals surface area (Å²) in [5.41, 5.74) is 1.43. The van der Waals surface area contributed by atoms with Gasteiger partial charge in [0.25, 0.3) is 0 Å². The molecule has 0 aromatic heterocycles. The molecule has 2 saturated carbocycles. The topological polar surface area (TPSA) is 44.8 Å². The highest BCUT2D eigenvalue weighted by molar-refractivity contribution is 5.72. The Morgan fingerprint density at radius 2 is 1.89 bits per heavy atom. The molecule has 0 spiro atoms. The van der Waals surface area contributed by atoms with Gasteiger partial charge in [-0.1, -0.05) is 44.2 Å². The van der Waals surface area contributed by atoms with Crippen molar-refractivity contribution in [2.75, 3.05) is 6.61 Å². The Hall–Kier alpha value is -1.39. The van der Waals surface area contributed by atoms with Gasteiger partial charge in [0.1, 0.15) is 6.10 Å². The van der Waals surface area contributed by atoms with Crippen molar-refractivity contribution in [3.8, 4) is 0 Å². The summed E-state index contributed by atoms with van der Waals surface area (Å²) in [6, 6.07) is 10.4. The lowest BCUT2D eigenvalue weighted by Gasteiger charge is -2.62. The lowest BCUT2D eigenvalue weighted by Crippen LogP contribution is -2.62. The highest BCUT2D eigenvalue weighted by atomic mass is 16.7. The summed E-state index contributed by atoms with van der Waals surface area (Å²) in [5, 5.41) is 0. The fourth-order valence-corrected chi connectivity index (χ4v) is 6.71. The number of rotatable bonds is 2. The fraction of sp³-hybridized carbons (Fsp3) is 0.696. The first-order valence-electron chi connectivity index (χ1n) is 10.5. The van der Waals surface area contributed by atoms with Crippen molar-refractivity contribution in [1.82, 2.24) is 0 Å². The predicted octanol–water partition coefficient (Wildman–Crippen LogP) is 4.12. The molecule has 4 nitrogen and oxygen atoms in total. The number of esters is 1. The van der Waals surface area contributed by atoms with Crippen LogP contribution in [0, 0.1) is 22.7 Å². The maximum absolute atomic E-state index is 11.9. The number of hydrogen-bond donors (Lipinski definition) is 0. The normalized spacial score (nSPS) is 46.1. The number of carbonyl (C=O) groups excluding carboxylic acids is 1. The molecule has 1 aromatic rings. The zero-order chi connectivity index (χ0) is 18.6. The summed E-state index contributed by atoms with van der Waals surface area (Å²) in [4.78, 5) is 11.9. The van der Waals surface area contributed by atoms with Gasteiger partial charge in [0, 0.05) is 17.8 Å². The third-order valence-corrected chi connectivity index (χ3v) is 8.12. The second kappa shape index (κ2) is 6.31. The SMILES string of the molecule is C[C@]12CO[C@@H](Cc3ccccc3)O[C@H]1CC[C@]1(C)[C@H]2CC[C@@H]2OC(=O)C[C@H]21. The van der Waals surface area contributed by atoms with E-state index in [1.165, 1.54) is 5.56 Å². The number of benzene rings is 1. The highest BCUT2D eigenvalue weighted by Crippen LogP contribution is 2.63. The van der Waals surface area contributed by atoms with Crippen molar-refractivity contribution in [1.29, 1.82) is 0 Å². The molecule has 4 fully saturated rings. The zero-order valence-electron chi connectivity index (χ0n) is 16.4. The van der Waals surface area contributed by atoms with Gasteiger partial charge < -0.3 is 14.2 Å². The van der Waals surface area contributed by atoms with Crippen LogP contribution in [0.3, 0.4) is 0 Å². The first kappa shape index (κ1) is 17.7. The monoisotopic (exact) mass is 370 g/mol. The van der Waals surface area contributed by atoms with Crippen molar-refractivity contribution in [3.05, 3.63) is 35.9 Å². The highest BCUT2D eigenvalue weighted by Gasteiger charge is 2.63. The van der Waals surface area contributed by atoms with Crippen LogP contribution in [0.25, 0.3) is 0 Å². The van der Waals surface area contributed by atoms with E-state index in [9.17, 15) is 4.79 Å². The first-order chi connectivity index (χ1) is 13.0. The van der Waals surface area contributed by atoms with E-state index in [2.05, 4.69) is 38.1 Å².